The minimum atomic E-state index is -3.31. The number of ether oxygens (including phenoxy) is 1. The summed E-state index contributed by atoms with van der Waals surface area (Å²) in [5.74, 6) is 0.600. The fourth-order valence-corrected chi connectivity index (χ4v) is 4.78. The van der Waals surface area contributed by atoms with E-state index in [0.717, 1.165) is 11.1 Å². The maximum Gasteiger partial charge on any atom is 0.153 e. The maximum absolute atomic E-state index is 12.0. The van der Waals surface area contributed by atoms with Crippen molar-refractivity contribution in [2.24, 2.45) is 0 Å². The summed E-state index contributed by atoms with van der Waals surface area (Å²) in [7, 11) is -1.76. The molecule has 4 nitrogen and oxygen atoms in total. The molecule has 0 amide bonds. The van der Waals surface area contributed by atoms with Crippen molar-refractivity contribution in [3.63, 3.8) is 0 Å². The fraction of sp³-hybridized carbons (Fsp3) is 0.600. The third-order valence-corrected chi connectivity index (χ3v) is 6.08. The number of aliphatic hydroxyl groups is 1. The first kappa shape index (κ1) is 15.3. The largest absolute Gasteiger partial charge is 0.496 e. The second-order valence-electron chi connectivity index (χ2n) is 5.72. The first-order chi connectivity index (χ1) is 9.21. The number of methoxy groups -OCH3 is 1. The van der Waals surface area contributed by atoms with Crippen LogP contribution in [0.2, 0.25) is 0 Å². The van der Waals surface area contributed by atoms with Crippen LogP contribution in [0, 0.1) is 13.8 Å². The topological polar surface area (TPSA) is 63.6 Å². The predicted molar refractivity (Wildman–Crippen MR) is 78.8 cm³/mol. The van der Waals surface area contributed by atoms with Gasteiger partial charge in [-0.2, -0.15) is 0 Å². The van der Waals surface area contributed by atoms with Crippen LogP contribution in [-0.2, 0) is 15.4 Å². The lowest BCUT2D eigenvalue weighted by Crippen LogP contribution is -2.40. The molecule has 112 valence electrons. The lowest BCUT2D eigenvalue weighted by molar-refractivity contribution is 0.0450. The highest BCUT2D eigenvalue weighted by atomic mass is 32.2. The molecule has 2 unspecified atom stereocenters. The highest BCUT2D eigenvalue weighted by Gasteiger charge is 2.49. The van der Waals surface area contributed by atoms with E-state index in [0.29, 0.717) is 30.6 Å². The van der Waals surface area contributed by atoms with Crippen molar-refractivity contribution in [2.45, 2.75) is 44.0 Å². The van der Waals surface area contributed by atoms with Crippen LogP contribution in [0.5, 0.6) is 5.75 Å². The Morgan fingerprint density at radius 3 is 2.55 bits per heavy atom. The SMILES string of the molecule is COc1c(C2(O)CCCC2S(C)(=O)=O)ccc(C)c1C. The number of benzene rings is 1. The first-order valence-corrected chi connectivity index (χ1v) is 8.73. The van der Waals surface area contributed by atoms with Gasteiger partial charge in [0.05, 0.1) is 12.4 Å². The molecule has 1 aromatic carbocycles. The van der Waals surface area contributed by atoms with Gasteiger partial charge in [0, 0.05) is 11.8 Å². The highest BCUT2D eigenvalue weighted by Crippen LogP contribution is 2.46. The molecular formula is C15H22O4S. The molecule has 0 radical (unpaired) electrons. The highest BCUT2D eigenvalue weighted by molar-refractivity contribution is 7.91. The van der Waals surface area contributed by atoms with Gasteiger partial charge in [-0.05, 0) is 44.2 Å². The molecule has 1 aliphatic rings. The molecule has 1 N–H and O–H groups in total. The van der Waals surface area contributed by atoms with E-state index in [1.165, 1.54) is 6.26 Å². The van der Waals surface area contributed by atoms with Gasteiger partial charge in [-0.1, -0.05) is 12.1 Å². The Hall–Kier alpha value is -1.07. The number of hydrogen-bond acceptors (Lipinski definition) is 4. The molecule has 1 saturated carbocycles. The van der Waals surface area contributed by atoms with Gasteiger partial charge in [0.2, 0.25) is 0 Å². The van der Waals surface area contributed by atoms with E-state index in [2.05, 4.69) is 0 Å². The van der Waals surface area contributed by atoms with E-state index in [-0.39, 0.29) is 0 Å². The minimum Gasteiger partial charge on any atom is -0.496 e. The van der Waals surface area contributed by atoms with Crippen molar-refractivity contribution in [2.75, 3.05) is 13.4 Å². The van der Waals surface area contributed by atoms with Crippen LogP contribution in [0.1, 0.15) is 36.0 Å². The van der Waals surface area contributed by atoms with Gasteiger partial charge in [0.1, 0.15) is 11.4 Å². The third kappa shape index (κ3) is 2.33. The molecule has 0 bridgehead atoms. The summed E-state index contributed by atoms with van der Waals surface area (Å²) in [4.78, 5) is 0. The second-order valence-corrected chi connectivity index (χ2v) is 7.95. The molecule has 2 rings (SSSR count). The van der Waals surface area contributed by atoms with Crippen molar-refractivity contribution in [1.29, 1.82) is 0 Å². The van der Waals surface area contributed by atoms with Gasteiger partial charge in [-0.25, -0.2) is 8.42 Å². The lowest BCUT2D eigenvalue weighted by Gasteiger charge is -2.31. The van der Waals surface area contributed by atoms with E-state index in [9.17, 15) is 13.5 Å². The molecule has 1 aliphatic carbocycles. The Kier molecular flexibility index (Phi) is 3.86. The molecule has 20 heavy (non-hydrogen) atoms. The van der Waals surface area contributed by atoms with E-state index in [1.807, 2.05) is 19.9 Å². The van der Waals surface area contributed by atoms with Gasteiger partial charge >= 0.3 is 0 Å². The summed E-state index contributed by atoms with van der Waals surface area (Å²) in [6, 6.07) is 3.70. The van der Waals surface area contributed by atoms with Crippen LogP contribution in [0.4, 0.5) is 0 Å². The Morgan fingerprint density at radius 2 is 2.00 bits per heavy atom. The first-order valence-electron chi connectivity index (χ1n) is 6.77. The number of aryl methyl sites for hydroxylation is 1. The average molecular weight is 298 g/mol. The number of sulfone groups is 1. The van der Waals surface area contributed by atoms with E-state index in [1.54, 1.807) is 13.2 Å². The van der Waals surface area contributed by atoms with Gasteiger partial charge < -0.3 is 9.84 Å². The van der Waals surface area contributed by atoms with Crippen molar-refractivity contribution in [3.8, 4) is 5.75 Å². The smallest absolute Gasteiger partial charge is 0.153 e. The van der Waals surface area contributed by atoms with Crippen LogP contribution in [0.15, 0.2) is 12.1 Å². The van der Waals surface area contributed by atoms with Crippen LogP contribution in [-0.4, -0.2) is 32.1 Å². The van der Waals surface area contributed by atoms with Gasteiger partial charge in [-0.3, -0.25) is 0 Å². The fourth-order valence-electron chi connectivity index (χ4n) is 3.23. The maximum atomic E-state index is 12.0. The van der Waals surface area contributed by atoms with Gasteiger partial charge in [0.25, 0.3) is 0 Å². The Morgan fingerprint density at radius 1 is 1.35 bits per heavy atom. The van der Waals surface area contributed by atoms with Crippen LogP contribution in [0.3, 0.4) is 0 Å². The molecule has 0 spiro atoms. The molecule has 1 fully saturated rings. The monoisotopic (exact) mass is 298 g/mol. The number of rotatable bonds is 3. The van der Waals surface area contributed by atoms with Crippen molar-refractivity contribution in [3.05, 3.63) is 28.8 Å². The molecule has 0 aromatic heterocycles. The van der Waals surface area contributed by atoms with E-state index < -0.39 is 20.7 Å². The normalized spacial score (nSPS) is 26.8. The lowest BCUT2D eigenvalue weighted by atomic mass is 9.88. The molecule has 2 atom stereocenters. The number of hydrogen-bond donors (Lipinski definition) is 1. The summed E-state index contributed by atoms with van der Waals surface area (Å²) in [6.07, 6.45) is 2.83. The van der Waals surface area contributed by atoms with E-state index >= 15 is 0 Å². The van der Waals surface area contributed by atoms with Crippen molar-refractivity contribution in [1.82, 2.24) is 0 Å². The molecule has 0 heterocycles. The summed E-state index contributed by atoms with van der Waals surface area (Å²) in [5, 5.41) is 10.3. The molecule has 5 heteroatoms. The molecular weight excluding hydrogens is 276 g/mol. The van der Waals surface area contributed by atoms with Crippen molar-refractivity contribution < 1.29 is 18.3 Å². The predicted octanol–water partition coefficient (Wildman–Crippen LogP) is 2.10. The zero-order chi connectivity index (χ0) is 15.1. The Labute approximate surface area is 120 Å². The summed E-state index contributed by atoms with van der Waals surface area (Å²) < 4.78 is 29.4. The quantitative estimate of drug-likeness (QED) is 0.928. The van der Waals surface area contributed by atoms with Crippen LogP contribution >= 0.6 is 0 Å². The van der Waals surface area contributed by atoms with Gasteiger partial charge in [0.15, 0.2) is 9.84 Å². The van der Waals surface area contributed by atoms with Crippen LogP contribution < -0.4 is 4.74 Å². The minimum absolute atomic E-state index is 0.448. The molecule has 0 saturated heterocycles. The zero-order valence-electron chi connectivity index (χ0n) is 12.4. The Bertz CT molecular complexity index is 621. The summed E-state index contributed by atoms with van der Waals surface area (Å²) >= 11 is 0. The second kappa shape index (κ2) is 5.04. The Balaban J connectivity index is 2.63. The summed E-state index contributed by atoms with van der Waals surface area (Å²) in [6.45, 7) is 3.89. The third-order valence-electron chi connectivity index (χ3n) is 4.42. The van der Waals surface area contributed by atoms with E-state index in [4.69, 9.17) is 4.74 Å². The summed E-state index contributed by atoms with van der Waals surface area (Å²) in [5.41, 5.74) is 1.24. The standard InChI is InChI=1S/C15H22O4S/c1-10-7-8-12(14(19-3)11(10)2)15(16)9-5-6-13(15)20(4,17)18/h7-8,13,16H,5-6,9H2,1-4H3. The van der Waals surface area contributed by atoms with Gasteiger partial charge in [-0.15, -0.1) is 0 Å². The average Bonchev–Trinajstić information content (AvgIpc) is 2.75. The van der Waals surface area contributed by atoms with Crippen molar-refractivity contribution >= 4 is 9.84 Å². The molecule has 1 aromatic rings. The molecule has 0 aliphatic heterocycles. The van der Waals surface area contributed by atoms with Crippen LogP contribution in [0.25, 0.3) is 0 Å². The zero-order valence-corrected chi connectivity index (χ0v) is 13.3.